The summed E-state index contributed by atoms with van der Waals surface area (Å²) in [6.45, 7) is 0. The van der Waals surface area contributed by atoms with E-state index in [-0.39, 0.29) is 17.6 Å². The molecule has 0 atom stereocenters. The zero-order chi connectivity index (χ0) is 3.58. The summed E-state index contributed by atoms with van der Waals surface area (Å²) in [5.41, 5.74) is 0. The van der Waals surface area contributed by atoms with Gasteiger partial charge in [-0.05, 0) is 0 Å². The molecule has 1 N–H and O–H groups in total. The van der Waals surface area contributed by atoms with E-state index in [2.05, 4.69) is 21.1 Å². The van der Waals surface area contributed by atoms with Crippen LogP contribution in [0, 0.1) is 0 Å². The number of hydrogen-bond donors (Lipinski definition) is 1. The van der Waals surface area contributed by atoms with Crippen LogP contribution in [0.1, 0.15) is 0 Å². The minimum absolute atomic E-state index is 0. The van der Waals surface area contributed by atoms with Gasteiger partial charge in [-0.25, -0.2) is 0 Å². The molecule has 2 heteroatoms. The standard InChI is InChI=1S/C3H9N.Ge/c1-4(2)3;/h1-3H3;/p+1. The van der Waals surface area contributed by atoms with E-state index >= 15 is 0 Å². The maximum atomic E-state index is 2.08. The number of quaternary nitrogens is 1. The Bertz CT molecular complexity index is 11.6. The molecule has 1 nitrogen and oxygen atoms in total. The predicted molar refractivity (Wildman–Crippen MR) is 24.5 cm³/mol. The van der Waals surface area contributed by atoms with Gasteiger partial charge in [-0.3, -0.25) is 0 Å². The molecule has 0 unspecified atom stereocenters. The molecular weight excluding hydrogens is 123 g/mol. The van der Waals surface area contributed by atoms with Crippen LogP contribution < -0.4 is 4.90 Å². The molecule has 0 fully saturated rings. The second kappa shape index (κ2) is 4.50. The van der Waals surface area contributed by atoms with E-state index in [1.165, 1.54) is 4.90 Å². The Hall–Kier alpha value is 0.503. The maximum absolute atomic E-state index is 2.08. The molecule has 30 valence electrons. The van der Waals surface area contributed by atoms with Crippen molar-refractivity contribution in [1.29, 1.82) is 0 Å². The van der Waals surface area contributed by atoms with Crippen LogP contribution in [-0.2, 0) is 0 Å². The molecule has 0 amide bonds. The third-order valence-electron chi connectivity index (χ3n) is 0. The molecule has 0 aliphatic heterocycles. The normalized spacial score (nSPS) is 7.20. The van der Waals surface area contributed by atoms with Gasteiger partial charge >= 0.3 is 0 Å². The first-order valence-electron chi connectivity index (χ1n) is 1.50. The van der Waals surface area contributed by atoms with Gasteiger partial charge in [-0.1, -0.05) is 0 Å². The van der Waals surface area contributed by atoms with Crippen molar-refractivity contribution in [1.82, 2.24) is 0 Å². The zero-order valence-electron chi connectivity index (χ0n) is 4.00. The molecule has 0 aliphatic carbocycles. The van der Waals surface area contributed by atoms with Crippen molar-refractivity contribution in [2.45, 2.75) is 0 Å². The van der Waals surface area contributed by atoms with Crippen LogP contribution in [0.4, 0.5) is 0 Å². The van der Waals surface area contributed by atoms with Gasteiger partial charge < -0.3 is 4.90 Å². The number of rotatable bonds is 0. The molecule has 0 bridgehead atoms. The predicted octanol–water partition coefficient (Wildman–Crippen LogP) is -1.62. The molecule has 0 spiro atoms. The third kappa shape index (κ3) is 112. The van der Waals surface area contributed by atoms with Gasteiger partial charge in [0.25, 0.3) is 0 Å². The van der Waals surface area contributed by atoms with Crippen LogP contribution in [-0.4, -0.2) is 38.7 Å². The first-order valence-corrected chi connectivity index (χ1v) is 1.50. The van der Waals surface area contributed by atoms with E-state index in [0.29, 0.717) is 0 Å². The molecule has 0 saturated carbocycles. The fourth-order valence-electron chi connectivity index (χ4n) is 0. The Kier molecular flexibility index (Phi) is 8.19. The Morgan fingerprint density at radius 3 is 1.00 bits per heavy atom. The quantitative estimate of drug-likeness (QED) is 0.378. The molecular formula is C3H10GeN+. The second-order valence-electron chi connectivity index (χ2n) is 1.50. The van der Waals surface area contributed by atoms with Crippen molar-refractivity contribution < 1.29 is 4.90 Å². The Labute approximate surface area is 44.3 Å². The summed E-state index contributed by atoms with van der Waals surface area (Å²) in [6, 6.07) is 0. The molecule has 0 heterocycles. The molecule has 0 aliphatic rings. The summed E-state index contributed by atoms with van der Waals surface area (Å²) < 4.78 is 0. The summed E-state index contributed by atoms with van der Waals surface area (Å²) in [6.07, 6.45) is 0. The van der Waals surface area contributed by atoms with Gasteiger partial charge in [-0.2, -0.15) is 0 Å². The van der Waals surface area contributed by atoms with Gasteiger partial charge in [-0.15, -0.1) is 0 Å². The number of hydrogen-bond acceptors (Lipinski definition) is 0. The van der Waals surface area contributed by atoms with Gasteiger partial charge in [0.15, 0.2) is 0 Å². The van der Waals surface area contributed by atoms with Crippen LogP contribution >= 0.6 is 0 Å². The zero-order valence-corrected chi connectivity index (χ0v) is 6.10. The smallest absolute Gasteiger partial charge is 0.0661 e. The fraction of sp³-hybridized carbons (Fsp3) is 1.00. The molecule has 0 aromatic rings. The van der Waals surface area contributed by atoms with E-state index in [1.54, 1.807) is 0 Å². The Balaban J connectivity index is 0. The van der Waals surface area contributed by atoms with Crippen molar-refractivity contribution >= 4 is 17.6 Å². The summed E-state index contributed by atoms with van der Waals surface area (Å²) in [4.78, 5) is 1.42. The largest absolute Gasteiger partial charge is 0.342 e. The van der Waals surface area contributed by atoms with Crippen molar-refractivity contribution in [3.8, 4) is 0 Å². The Morgan fingerprint density at radius 2 is 1.00 bits per heavy atom. The van der Waals surface area contributed by atoms with Crippen LogP contribution in [0.15, 0.2) is 0 Å². The SMILES string of the molecule is C[NH+](C)C.[Ge]. The molecule has 0 aromatic heterocycles. The summed E-state index contributed by atoms with van der Waals surface area (Å²) >= 11 is 0. The van der Waals surface area contributed by atoms with E-state index in [1.807, 2.05) is 0 Å². The topological polar surface area (TPSA) is 4.44 Å². The van der Waals surface area contributed by atoms with Crippen LogP contribution in [0.3, 0.4) is 0 Å². The van der Waals surface area contributed by atoms with Gasteiger partial charge in [0.05, 0.1) is 21.1 Å². The monoisotopic (exact) mass is 134 g/mol. The molecule has 4 radical (unpaired) electrons. The fourth-order valence-corrected chi connectivity index (χ4v) is 0. The second-order valence-corrected chi connectivity index (χ2v) is 1.50. The van der Waals surface area contributed by atoms with Crippen LogP contribution in [0.25, 0.3) is 0 Å². The van der Waals surface area contributed by atoms with E-state index in [4.69, 9.17) is 0 Å². The first-order chi connectivity index (χ1) is 1.73. The van der Waals surface area contributed by atoms with E-state index < -0.39 is 0 Å². The van der Waals surface area contributed by atoms with E-state index in [0.717, 1.165) is 0 Å². The summed E-state index contributed by atoms with van der Waals surface area (Å²) in [7, 11) is 6.25. The third-order valence-corrected chi connectivity index (χ3v) is 0. The van der Waals surface area contributed by atoms with Crippen molar-refractivity contribution in [2.24, 2.45) is 0 Å². The van der Waals surface area contributed by atoms with E-state index in [9.17, 15) is 0 Å². The average Bonchev–Trinajstić information content (AvgIpc) is 0.811. The van der Waals surface area contributed by atoms with Crippen LogP contribution in [0.5, 0.6) is 0 Å². The molecule has 0 aromatic carbocycles. The molecule has 5 heavy (non-hydrogen) atoms. The summed E-state index contributed by atoms with van der Waals surface area (Å²) in [5.74, 6) is 0. The maximum Gasteiger partial charge on any atom is 0.0661 e. The summed E-state index contributed by atoms with van der Waals surface area (Å²) in [5, 5.41) is 0. The van der Waals surface area contributed by atoms with Crippen LogP contribution in [0.2, 0.25) is 0 Å². The minimum Gasteiger partial charge on any atom is -0.342 e. The molecule has 0 saturated heterocycles. The first kappa shape index (κ1) is 9.09. The van der Waals surface area contributed by atoms with Crippen molar-refractivity contribution in [3.63, 3.8) is 0 Å². The molecule has 0 rings (SSSR count). The average molecular weight is 133 g/mol. The number of nitrogens with one attached hydrogen (secondary N) is 1. The van der Waals surface area contributed by atoms with Gasteiger partial charge in [0, 0.05) is 17.6 Å². The van der Waals surface area contributed by atoms with Gasteiger partial charge in [0.2, 0.25) is 0 Å². The van der Waals surface area contributed by atoms with Crippen molar-refractivity contribution in [2.75, 3.05) is 21.1 Å². The Morgan fingerprint density at radius 1 is 1.00 bits per heavy atom. The van der Waals surface area contributed by atoms with Crippen molar-refractivity contribution in [3.05, 3.63) is 0 Å². The van der Waals surface area contributed by atoms with Gasteiger partial charge in [0.1, 0.15) is 0 Å². The minimum atomic E-state index is 0.